The summed E-state index contributed by atoms with van der Waals surface area (Å²) in [5, 5.41) is 0. The van der Waals surface area contributed by atoms with Gasteiger partial charge in [0.05, 0.1) is 26.3 Å². The topological polar surface area (TPSA) is 42.7 Å². The van der Waals surface area contributed by atoms with Crippen molar-refractivity contribution in [2.45, 2.75) is 32.9 Å². The van der Waals surface area contributed by atoms with Crippen molar-refractivity contribution in [3.8, 4) is 0 Å². The first-order chi connectivity index (χ1) is 7.67. The second-order valence-electron chi connectivity index (χ2n) is 3.77. The summed E-state index contributed by atoms with van der Waals surface area (Å²) in [6.07, 6.45) is 2.07. The van der Waals surface area contributed by atoms with Crippen molar-refractivity contribution in [2.75, 3.05) is 13.7 Å². The van der Waals surface area contributed by atoms with Crippen LogP contribution in [0.25, 0.3) is 0 Å². The monoisotopic (exact) mass is 225 g/mol. The van der Waals surface area contributed by atoms with Crippen molar-refractivity contribution < 1.29 is 13.9 Å². The van der Waals surface area contributed by atoms with Crippen LogP contribution in [0.1, 0.15) is 26.0 Å². The van der Waals surface area contributed by atoms with E-state index in [0.29, 0.717) is 6.42 Å². The Hall–Kier alpha value is -1.29. The zero-order valence-corrected chi connectivity index (χ0v) is 10.1. The van der Waals surface area contributed by atoms with Gasteiger partial charge in [-0.3, -0.25) is 9.69 Å². The maximum absolute atomic E-state index is 11.2. The van der Waals surface area contributed by atoms with Gasteiger partial charge in [-0.05, 0) is 25.6 Å². The van der Waals surface area contributed by atoms with Crippen LogP contribution >= 0.6 is 0 Å². The predicted molar refractivity (Wildman–Crippen MR) is 60.9 cm³/mol. The van der Waals surface area contributed by atoms with Crippen molar-refractivity contribution in [1.82, 2.24) is 4.90 Å². The fourth-order valence-corrected chi connectivity index (χ4v) is 1.64. The molecule has 1 atom stereocenters. The Kier molecular flexibility index (Phi) is 5.05. The molecule has 16 heavy (non-hydrogen) atoms. The lowest BCUT2D eigenvalue weighted by Gasteiger charge is -2.25. The molecule has 1 rings (SSSR count). The quantitative estimate of drug-likeness (QED) is 0.695. The van der Waals surface area contributed by atoms with Crippen LogP contribution in [-0.4, -0.2) is 30.6 Å². The SMILES string of the molecule is CCN(Cc1ccco1)C(C)CC(=O)OC. The van der Waals surface area contributed by atoms with Crippen molar-refractivity contribution in [3.05, 3.63) is 24.2 Å². The van der Waals surface area contributed by atoms with E-state index in [2.05, 4.69) is 16.6 Å². The molecule has 0 fully saturated rings. The second kappa shape index (κ2) is 6.33. The number of hydrogen-bond acceptors (Lipinski definition) is 4. The fraction of sp³-hybridized carbons (Fsp3) is 0.583. The molecule has 0 amide bonds. The normalized spacial score (nSPS) is 12.8. The Morgan fingerprint density at radius 2 is 2.38 bits per heavy atom. The van der Waals surface area contributed by atoms with Crippen molar-refractivity contribution in [1.29, 1.82) is 0 Å². The molecule has 0 spiro atoms. The highest BCUT2D eigenvalue weighted by Gasteiger charge is 2.17. The van der Waals surface area contributed by atoms with Gasteiger partial charge in [0, 0.05) is 6.04 Å². The van der Waals surface area contributed by atoms with Crippen molar-refractivity contribution in [3.63, 3.8) is 0 Å². The molecule has 0 radical (unpaired) electrons. The molecule has 0 N–H and O–H groups in total. The van der Waals surface area contributed by atoms with Gasteiger partial charge in [-0.1, -0.05) is 6.92 Å². The Morgan fingerprint density at radius 1 is 1.62 bits per heavy atom. The van der Waals surface area contributed by atoms with E-state index >= 15 is 0 Å². The maximum atomic E-state index is 11.2. The van der Waals surface area contributed by atoms with Gasteiger partial charge in [-0.15, -0.1) is 0 Å². The molecule has 4 nitrogen and oxygen atoms in total. The van der Waals surface area contributed by atoms with Crippen LogP contribution in [0.2, 0.25) is 0 Å². The zero-order chi connectivity index (χ0) is 12.0. The Morgan fingerprint density at radius 3 is 2.88 bits per heavy atom. The third kappa shape index (κ3) is 3.70. The largest absolute Gasteiger partial charge is 0.469 e. The van der Waals surface area contributed by atoms with Gasteiger partial charge in [0.25, 0.3) is 0 Å². The average molecular weight is 225 g/mol. The third-order valence-corrected chi connectivity index (χ3v) is 2.66. The third-order valence-electron chi connectivity index (χ3n) is 2.66. The number of esters is 1. The van der Waals surface area contributed by atoms with Crippen LogP contribution in [0, 0.1) is 0 Å². The molecule has 90 valence electrons. The highest BCUT2D eigenvalue weighted by Crippen LogP contribution is 2.11. The lowest BCUT2D eigenvalue weighted by atomic mass is 10.2. The molecular formula is C12H19NO3. The molecule has 0 aliphatic carbocycles. The summed E-state index contributed by atoms with van der Waals surface area (Å²) in [6.45, 7) is 5.68. The number of carbonyl (C=O) groups excluding carboxylic acids is 1. The minimum atomic E-state index is -0.176. The predicted octanol–water partition coefficient (Wildman–Crippen LogP) is 2.05. The summed E-state index contributed by atoms with van der Waals surface area (Å²) in [6, 6.07) is 3.96. The molecule has 1 unspecified atom stereocenters. The van der Waals surface area contributed by atoms with Gasteiger partial charge in [0.1, 0.15) is 5.76 Å². The van der Waals surface area contributed by atoms with Crippen LogP contribution in [0.15, 0.2) is 22.8 Å². The van der Waals surface area contributed by atoms with Crippen LogP contribution < -0.4 is 0 Å². The molecule has 0 bridgehead atoms. The van der Waals surface area contributed by atoms with Gasteiger partial charge < -0.3 is 9.15 Å². The molecule has 4 heteroatoms. The number of methoxy groups -OCH3 is 1. The molecule has 0 aliphatic rings. The summed E-state index contributed by atoms with van der Waals surface area (Å²) < 4.78 is 9.95. The van der Waals surface area contributed by atoms with E-state index < -0.39 is 0 Å². The van der Waals surface area contributed by atoms with E-state index in [1.807, 2.05) is 19.1 Å². The summed E-state index contributed by atoms with van der Waals surface area (Å²) in [4.78, 5) is 13.3. The second-order valence-corrected chi connectivity index (χ2v) is 3.77. The highest BCUT2D eigenvalue weighted by molar-refractivity contribution is 5.69. The highest BCUT2D eigenvalue weighted by atomic mass is 16.5. The molecule has 0 aromatic carbocycles. The Balaban J connectivity index is 2.50. The van der Waals surface area contributed by atoms with Gasteiger partial charge in [-0.25, -0.2) is 0 Å². The standard InChI is InChI=1S/C12H19NO3/c1-4-13(9-11-6-5-7-16-11)10(2)8-12(14)15-3/h5-7,10H,4,8-9H2,1-3H3. The van der Waals surface area contributed by atoms with E-state index in [4.69, 9.17) is 4.42 Å². The van der Waals surface area contributed by atoms with Crippen LogP contribution in [0.3, 0.4) is 0 Å². The van der Waals surface area contributed by atoms with Crippen molar-refractivity contribution >= 4 is 5.97 Å². The molecule has 0 aliphatic heterocycles. The Labute approximate surface area is 96.2 Å². The lowest BCUT2D eigenvalue weighted by molar-refractivity contribution is -0.142. The van der Waals surface area contributed by atoms with E-state index in [1.54, 1.807) is 6.26 Å². The number of rotatable bonds is 6. The summed E-state index contributed by atoms with van der Waals surface area (Å²) in [5.74, 6) is 0.740. The van der Waals surface area contributed by atoms with E-state index in [-0.39, 0.29) is 12.0 Å². The average Bonchev–Trinajstić information content (AvgIpc) is 2.78. The zero-order valence-electron chi connectivity index (χ0n) is 10.1. The number of carbonyl (C=O) groups is 1. The maximum Gasteiger partial charge on any atom is 0.307 e. The smallest absolute Gasteiger partial charge is 0.307 e. The van der Waals surface area contributed by atoms with E-state index in [1.165, 1.54) is 7.11 Å². The summed E-state index contributed by atoms with van der Waals surface area (Å²) >= 11 is 0. The first kappa shape index (κ1) is 12.8. The van der Waals surface area contributed by atoms with Crippen LogP contribution in [0.4, 0.5) is 0 Å². The van der Waals surface area contributed by atoms with Crippen LogP contribution in [0.5, 0.6) is 0 Å². The minimum Gasteiger partial charge on any atom is -0.469 e. The lowest BCUT2D eigenvalue weighted by Crippen LogP contribution is -2.34. The first-order valence-electron chi connectivity index (χ1n) is 5.50. The molecule has 0 saturated carbocycles. The van der Waals surface area contributed by atoms with E-state index in [9.17, 15) is 4.79 Å². The molecule has 0 saturated heterocycles. The number of hydrogen-bond donors (Lipinski definition) is 0. The van der Waals surface area contributed by atoms with Gasteiger partial charge in [0.2, 0.25) is 0 Å². The Bertz CT molecular complexity index is 308. The summed E-state index contributed by atoms with van der Waals surface area (Å²) in [7, 11) is 1.41. The van der Waals surface area contributed by atoms with E-state index in [0.717, 1.165) is 18.8 Å². The van der Waals surface area contributed by atoms with Gasteiger partial charge in [-0.2, -0.15) is 0 Å². The van der Waals surface area contributed by atoms with Gasteiger partial charge in [0.15, 0.2) is 0 Å². The number of furan rings is 1. The number of nitrogens with zero attached hydrogens (tertiary/aromatic N) is 1. The summed E-state index contributed by atoms with van der Waals surface area (Å²) in [5.41, 5.74) is 0. The molecule has 1 heterocycles. The molecule has 1 aromatic heterocycles. The minimum absolute atomic E-state index is 0.155. The molecular weight excluding hydrogens is 206 g/mol. The first-order valence-corrected chi connectivity index (χ1v) is 5.50. The van der Waals surface area contributed by atoms with Crippen LogP contribution in [-0.2, 0) is 16.1 Å². The van der Waals surface area contributed by atoms with Gasteiger partial charge >= 0.3 is 5.97 Å². The van der Waals surface area contributed by atoms with Crippen molar-refractivity contribution in [2.24, 2.45) is 0 Å². The number of ether oxygens (including phenoxy) is 1. The molecule has 1 aromatic rings. The fourth-order valence-electron chi connectivity index (χ4n) is 1.64.